The summed E-state index contributed by atoms with van der Waals surface area (Å²) < 4.78 is 25.7. The smallest absolute Gasteiger partial charge is 0.260 e. The van der Waals surface area contributed by atoms with E-state index in [9.17, 15) is 8.42 Å². The zero-order valence-corrected chi connectivity index (χ0v) is 10.9. The van der Waals surface area contributed by atoms with Crippen LogP contribution in [0.5, 0.6) is 0 Å². The van der Waals surface area contributed by atoms with Gasteiger partial charge in [-0.05, 0) is 6.07 Å². The van der Waals surface area contributed by atoms with Crippen LogP contribution in [-0.2, 0) is 10.0 Å². The van der Waals surface area contributed by atoms with Crippen molar-refractivity contribution in [2.45, 2.75) is 5.03 Å². The van der Waals surface area contributed by atoms with Gasteiger partial charge in [-0.3, -0.25) is 10.00 Å². The number of aromatic amines is 1. The lowest BCUT2D eigenvalue weighted by Gasteiger charge is -2.33. The maximum Gasteiger partial charge on any atom is 0.260 e. The summed E-state index contributed by atoms with van der Waals surface area (Å²) in [6.07, 6.45) is 1.44. The molecule has 1 aliphatic rings. The zero-order valence-electron chi connectivity index (χ0n) is 9.34. The maximum atomic E-state index is 12.1. The fourth-order valence-electron chi connectivity index (χ4n) is 1.84. The molecule has 1 aliphatic heterocycles. The molecule has 1 aromatic rings. The van der Waals surface area contributed by atoms with E-state index in [-0.39, 0.29) is 5.03 Å². The predicted molar refractivity (Wildman–Crippen MR) is 64.5 cm³/mol. The second kappa shape index (κ2) is 5.34. The molecule has 1 aromatic heterocycles. The van der Waals surface area contributed by atoms with Gasteiger partial charge in [0, 0.05) is 38.6 Å². The number of halogens is 1. The first-order chi connectivity index (χ1) is 8.14. The average molecular weight is 279 g/mol. The van der Waals surface area contributed by atoms with Crippen LogP contribution in [0.15, 0.2) is 17.3 Å². The summed E-state index contributed by atoms with van der Waals surface area (Å²) in [4.78, 5) is 2.16. The zero-order chi connectivity index (χ0) is 12.3. The molecular weight excluding hydrogens is 264 g/mol. The van der Waals surface area contributed by atoms with Gasteiger partial charge >= 0.3 is 0 Å². The van der Waals surface area contributed by atoms with Crippen molar-refractivity contribution in [3.05, 3.63) is 12.3 Å². The lowest BCUT2D eigenvalue weighted by molar-refractivity contribution is 0.197. The number of piperazine rings is 1. The van der Waals surface area contributed by atoms with Crippen LogP contribution in [0.3, 0.4) is 0 Å². The van der Waals surface area contributed by atoms with Crippen molar-refractivity contribution in [1.82, 2.24) is 19.4 Å². The van der Waals surface area contributed by atoms with Crippen LogP contribution in [0.1, 0.15) is 0 Å². The highest BCUT2D eigenvalue weighted by molar-refractivity contribution is 7.89. The van der Waals surface area contributed by atoms with Crippen molar-refractivity contribution in [3.63, 3.8) is 0 Å². The first-order valence-corrected chi connectivity index (χ1v) is 7.40. The van der Waals surface area contributed by atoms with Gasteiger partial charge < -0.3 is 0 Å². The van der Waals surface area contributed by atoms with Gasteiger partial charge in [-0.2, -0.15) is 9.40 Å². The Hall–Kier alpha value is -0.630. The molecule has 8 heteroatoms. The Labute approximate surface area is 106 Å². The Morgan fingerprint density at radius 2 is 2.06 bits per heavy atom. The van der Waals surface area contributed by atoms with E-state index in [1.807, 2.05) is 0 Å². The van der Waals surface area contributed by atoms with Crippen LogP contribution in [0.4, 0.5) is 0 Å². The van der Waals surface area contributed by atoms with E-state index in [0.29, 0.717) is 19.0 Å². The summed E-state index contributed by atoms with van der Waals surface area (Å²) in [7, 11) is -3.40. The molecule has 0 unspecified atom stereocenters. The molecule has 1 N–H and O–H groups in total. The summed E-state index contributed by atoms with van der Waals surface area (Å²) in [5.74, 6) is 0.577. The first kappa shape index (κ1) is 12.8. The van der Waals surface area contributed by atoms with Gasteiger partial charge in [0.1, 0.15) is 0 Å². The lowest BCUT2D eigenvalue weighted by Crippen LogP contribution is -2.49. The molecule has 0 bridgehead atoms. The molecule has 0 spiro atoms. The van der Waals surface area contributed by atoms with Gasteiger partial charge in [-0.25, -0.2) is 8.42 Å². The number of H-pyrrole nitrogens is 1. The van der Waals surface area contributed by atoms with E-state index in [4.69, 9.17) is 11.6 Å². The quantitative estimate of drug-likeness (QED) is 0.785. The number of alkyl halides is 1. The fraction of sp³-hybridized carbons (Fsp3) is 0.667. The average Bonchev–Trinajstić information content (AvgIpc) is 2.84. The molecule has 17 heavy (non-hydrogen) atoms. The largest absolute Gasteiger partial charge is 0.300 e. The van der Waals surface area contributed by atoms with Gasteiger partial charge in [-0.1, -0.05) is 0 Å². The van der Waals surface area contributed by atoms with Crippen molar-refractivity contribution in [3.8, 4) is 0 Å². The SMILES string of the molecule is O=S(=O)(c1ccn[nH]1)N1CCN(CCCl)CC1. The van der Waals surface area contributed by atoms with Crippen molar-refractivity contribution >= 4 is 21.6 Å². The van der Waals surface area contributed by atoms with Crippen LogP contribution < -0.4 is 0 Å². The van der Waals surface area contributed by atoms with Gasteiger partial charge in [0.2, 0.25) is 0 Å². The second-order valence-corrected chi connectivity index (χ2v) is 6.14. The Morgan fingerprint density at radius 3 is 2.59 bits per heavy atom. The van der Waals surface area contributed by atoms with Gasteiger partial charge in [-0.15, -0.1) is 11.6 Å². The van der Waals surface area contributed by atoms with E-state index in [1.165, 1.54) is 16.6 Å². The number of rotatable bonds is 4. The number of hydrogen-bond donors (Lipinski definition) is 1. The molecule has 2 rings (SSSR count). The minimum atomic E-state index is -3.40. The molecule has 0 aromatic carbocycles. The summed E-state index contributed by atoms with van der Waals surface area (Å²) in [5.41, 5.74) is 0. The molecular formula is C9H15ClN4O2S. The number of hydrogen-bond acceptors (Lipinski definition) is 4. The topological polar surface area (TPSA) is 69.3 Å². The molecule has 1 saturated heterocycles. The highest BCUT2D eigenvalue weighted by atomic mass is 35.5. The van der Waals surface area contributed by atoms with E-state index >= 15 is 0 Å². The number of nitrogens with zero attached hydrogens (tertiary/aromatic N) is 3. The third kappa shape index (κ3) is 2.79. The lowest BCUT2D eigenvalue weighted by atomic mass is 10.4. The molecule has 0 radical (unpaired) electrons. The molecule has 0 aliphatic carbocycles. The number of sulfonamides is 1. The standard InChI is InChI=1S/C9H15ClN4O2S/c10-2-4-13-5-7-14(8-6-13)17(15,16)9-1-3-11-12-9/h1,3H,2,4-8H2,(H,11,12). The third-order valence-electron chi connectivity index (χ3n) is 2.83. The Bertz CT molecular complexity index is 440. The normalized spacial score (nSPS) is 19.6. The highest BCUT2D eigenvalue weighted by Gasteiger charge is 2.28. The molecule has 0 amide bonds. The van der Waals surface area contributed by atoms with Crippen molar-refractivity contribution in [1.29, 1.82) is 0 Å². The Balaban J connectivity index is 2.01. The van der Waals surface area contributed by atoms with Gasteiger partial charge in [0.25, 0.3) is 10.0 Å². The molecule has 6 nitrogen and oxygen atoms in total. The highest BCUT2D eigenvalue weighted by Crippen LogP contribution is 2.14. The Morgan fingerprint density at radius 1 is 1.35 bits per heavy atom. The molecule has 0 atom stereocenters. The minimum Gasteiger partial charge on any atom is -0.300 e. The van der Waals surface area contributed by atoms with E-state index in [2.05, 4.69) is 15.1 Å². The first-order valence-electron chi connectivity index (χ1n) is 5.42. The monoisotopic (exact) mass is 278 g/mol. The summed E-state index contributed by atoms with van der Waals surface area (Å²) in [6, 6.07) is 1.47. The Kier molecular flexibility index (Phi) is 4.03. The van der Waals surface area contributed by atoms with Gasteiger partial charge in [0.05, 0.1) is 6.20 Å². The van der Waals surface area contributed by atoms with Crippen molar-refractivity contribution in [2.75, 3.05) is 38.6 Å². The van der Waals surface area contributed by atoms with Gasteiger partial charge in [0.15, 0.2) is 5.03 Å². The fourth-order valence-corrected chi connectivity index (χ4v) is 3.40. The predicted octanol–water partition coefficient (Wildman–Crippen LogP) is -0.0452. The maximum absolute atomic E-state index is 12.1. The summed E-state index contributed by atoms with van der Waals surface area (Å²) >= 11 is 5.66. The molecule has 2 heterocycles. The molecule has 1 fully saturated rings. The summed E-state index contributed by atoms with van der Waals surface area (Å²) in [5, 5.41) is 6.32. The van der Waals surface area contributed by atoms with E-state index < -0.39 is 10.0 Å². The number of aromatic nitrogens is 2. The minimum absolute atomic E-state index is 0.156. The van der Waals surface area contributed by atoms with Crippen LogP contribution in [-0.4, -0.2) is 66.4 Å². The molecule has 0 saturated carbocycles. The van der Waals surface area contributed by atoms with Crippen molar-refractivity contribution in [2.24, 2.45) is 0 Å². The van der Waals surface area contributed by atoms with Crippen LogP contribution in [0.2, 0.25) is 0 Å². The van der Waals surface area contributed by atoms with E-state index in [0.717, 1.165) is 19.6 Å². The summed E-state index contributed by atoms with van der Waals surface area (Å²) in [6.45, 7) is 3.25. The van der Waals surface area contributed by atoms with Crippen molar-refractivity contribution < 1.29 is 8.42 Å². The second-order valence-electron chi connectivity index (χ2n) is 3.86. The number of nitrogens with one attached hydrogen (secondary N) is 1. The van der Waals surface area contributed by atoms with E-state index in [1.54, 1.807) is 0 Å². The van der Waals surface area contributed by atoms with Crippen LogP contribution >= 0.6 is 11.6 Å². The third-order valence-corrected chi connectivity index (χ3v) is 4.82. The van der Waals surface area contributed by atoms with Crippen LogP contribution in [0.25, 0.3) is 0 Å². The van der Waals surface area contributed by atoms with Crippen LogP contribution in [0, 0.1) is 0 Å². The molecule has 96 valence electrons.